The van der Waals surface area contributed by atoms with Crippen LogP contribution in [-0.2, 0) is 22.3 Å². The van der Waals surface area contributed by atoms with Crippen LogP contribution in [0, 0.1) is 6.92 Å². The van der Waals surface area contributed by atoms with E-state index >= 15 is 0 Å². The van der Waals surface area contributed by atoms with Crippen molar-refractivity contribution in [3.8, 4) is 5.69 Å². The van der Waals surface area contributed by atoms with Crippen molar-refractivity contribution < 1.29 is 27.4 Å². The maximum absolute atomic E-state index is 13.7. The average molecular weight is 518 g/mol. The first-order valence-corrected chi connectivity index (χ1v) is 12.0. The van der Waals surface area contributed by atoms with Crippen molar-refractivity contribution in [1.29, 1.82) is 0 Å². The zero-order valence-electron chi connectivity index (χ0n) is 21.2. The van der Waals surface area contributed by atoms with Gasteiger partial charge < -0.3 is 9.47 Å². The average Bonchev–Trinajstić information content (AvgIpc) is 3.27. The quantitative estimate of drug-likeness (QED) is 0.435. The number of aromatic nitrogens is 4. The summed E-state index contributed by atoms with van der Waals surface area (Å²) < 4.78 is 54.2. The molecule has 1 aromatic heterocycles. The van der Waals surface area contributed by atoms with Crippen molar-refractivity contribution in [3.63, 3.8) is 0 Å². The third-order valence-electron chi connectivity index (χ3n) is 5.98. The Hall–Kier alpha value is -3.47. The number of piperidine rings is 1. The fourth-order valence-electron chi connectivity index (χ4n) is 4.42. The summed E-state index contributed by atoms with van der Waals surface area (Å²) in [5, 5.41) is 11.1. The fraction of sp³-hybridized carbons (Fsp3) is 0.462. The van der Waals surface area contributed by atoms with E-state index in [4.69, 9.17) is 9.47 Å². The molecule has 0 aliphatic carbocycles. The lowest BCUT2D eigenvalue weighted by Gasteiger charge is -2.41. The first-order valence-electron chi connectivity index (χ1n) is 12.0. The van der Waals surface area contributed by atoms with Crippen molar-refractivity contribution in [1.82, 2.24) is 25.1 Å². The molecule has 198 valence electrons. The molecule has 0 bridgehead atoms. The Kier molecular flexibility index (Phi) is 7.54. The standard InChI is InChI=1S/C26H30F3N5O3/c1-17-30-31-32-34(17)21-14-18(13-20(15-21)26(27,28)29)16-36-22-11-8-12-33(24(35)37-25(2,3)4)23(22)19-9-6-5-7-10-19/h5-7,9-10,13-15,22-23H,8,11-12,16H2,1-4H3/t22-,23-/m0/s1. The van der Waals surface area contributed by atoms with Gasteiger partial charge in [-0.15, -0.1) is 5.10 Å². The number of halogens is 3. The van der Waals surface area contributed by atoms with Crippen molar-refractivity contribution in [3.05, 3.63) is 71.0 Å². The van der Waals surface area contributed by atoms with Gasteiger partial charge in [-0.3, -0.25) is 4.90 Å². The Morgan fingerprint density at radius 2 is 1.84 bits per heavy atom. The summed E-state index contributed by atoms with van der Waals surface area (Å²) in [6.45, 7) is 7.41. The van der Waals surface area contributed by atoms with Gasteiger partial charge in [-0.25, -0.2) is 4.79 Å². The van der Waals surface area contributed by atoms with Crippen molar-refractivity contribution in [2.45, 2.75) is 71.1 Å². The van der Waals surface area contributed by atoms with Gasteiger partial charge in [0.25, 0.3) is 0 Å². The normalized spacial score (nSPS) is 18.6. The molecule has 2 heterocycles. The van der Waals surface area contributed by atoms with Crippen LogP contribution in [0.2, 0.25) is 0 Å². The molecular weight excluding hydrogens is 487 g/mol. The Morgan fingerprint density at radius 3 is 2.46 bits per heavy atom. The smallest absolute Gasteiger partial charge is 0.416 e. The summed E-state index contributed by atoms with van der Waals surface area (Å²) in [5.41, 5.74) is -0.116. The van der Waals surface area contributed by atoms with E-state index in [2.05, 4.69) is 15.5 Å². The molecule has 0 saturated carbocycles. The molecule has 1 aliphatic rings. The van der Waals surface area contributed by atoms with E-state index in [0.717, 1.165) is 17.7 Å². The zero-order valence-corrected chi connectivity index (χ0v) is 21.2. The largest absolute Gasteiger partial charge is 0.444 e. The topological polar surface area (TPSA) is 82.4 Å². The molecule has 8 nitrogen and oxygen atoms in total. The van der Waals surface area contributed by atoms with Gasteiger partial charge in [-0.1, -0.05) is 30.3 Å². The van der Waals surface area contributed by atoms with Crippen molar-refractivity contribution in [2.24, 2.45) is 0 Å². The van der Waals surface area contributed by atoms with E-state index in [9.17, 15) is 18.0 Å². The summed E-state index contributed by atoms with van der Waals surface area (Å²) in [4.78, 5) is 14.7. The molecule has 2 atom stereocenters. The number of alkyl halides is 3. The maximum Gasteiger partial charge on any atom is 0.416 e. The number of rotatable bonds is 5. The first-order chi connectivity index (χ1) is 17.4. The Labute approximate surface area is 213 Å². The molecular formula is C26H30F3N5O3. The Bertz CT molecular complexity index is 1220. The number of carbonyl (C=O) groups is 1. The van der Waals surface area contributed by atoms with Crippen LogP contribution in [0.4, 0.5) is 18.0 Å². The van der Waals surface area contributed by atoms with E-state index in [-0.39, 0.29) is 12.3 Å². The summed E-state index contributed by atoms with van der Waals surface area (Å²) >= 11 is 0. The monoisotopic (exact) mass is 517 g/mol. The van der Waals surface area contributed by atoms with Gasteiger partial charge in [0.1, 0.15) is 5.60 Å². The van der Waals surface area contributed by atoms with Crippen LogP contribution in [0.1, 0.15) is 62.2 Å². The molecule has 1 fully saturated rings. The lowest BCUT2D eigenvalue weighted by atomic mass is 9.92. The number of benzene rings is 2. The minimum Gasteiger partial charge on any atom is -0.444 e. The number of tetrazole rings is 1. The van der Waals surface area contributed by atoms with Gasteiger partial charge >= 0.3 is 12.3 Å². The number of ether oxygens (including phenoxy) is 2. The number of hydrogen-bond acceptors (Lipinski definition) is 6. The van der Waals surface area contributed by atoms with Crippen LogP contribution < -0.4 is 0 Å². The van der Waals surface area contributed by atoms with Gasteiger partial charge in [-0.05, 0) is 80.3 Å². The van der Waals surface area contributed by atoms with Crippen LogP contribution >= 0.6 is 0 Å². The molecule has 1 saturated heterocycles. The minimum atomic E-state index is -4.56. The molecule has 37 heavy (non-hydrogen) atoms. The maximum atomic E-state index is 13.7. The number of nitrogens with zero attached hydrogens (tertiary/aromatic N) is 5. The fourth-order valence-corrected chi connectivity index (χ4v) is 4.42. The number of carbonyl (C=O) groups excluding carboxylic acids is 1. The summed E-state index contributed by atoms with van der Waals surface area (Å²) in [6, 6.07) is 12.6. The van der Waals surface area contributed by atoms with Crippen LogP contribution in [0.15, 0.2) is 48.5 Å². The van der Waals surface area contributed by atoms with E-state index in [1.807, 2.05) is 30.3 Å². The second-order valence-corrected chi connectivity index (χ2v) is 10.0. The molecule has 11 heteroatoms. The van der Waals surface area contributed by atoms with E-state index in [1.165, 1.54) is 4.68 Å². The van der Waals surface area contributed by atoms with Gasteiger partial charge in [0, 0.05) is 6.54 Å². The molecule has 0 N–H and O–H groups in total. The van der Waals surface area contributed by atoms with E-state index in [1.54, 1.807) is 38.7 Å². The molecule has 2 aromatic carbocycles. The molecule has 3 aromatic rings. The number of hydrogen-bond donors (Lipinski definition) is 0. The molecule has 1 aliphatic heterocycles. The third-order valence-corrected chi connectivity index (χ3v) is 5.98. The molecule has 1 amide bonds. The lowest BCUT2D eigenvalue weighted by Crippen LogP contribution is -2.47. The summed E-state index contributed by atoms with van der Waals surface area (Å²) in [5.74, 6) is 0.357. The van der Waals surface area contributed by atoms with Gasteiger partial charge in [0.15, 0.2) is 5.82 Å². The summed E-state index contributed by atoms with van der Waals surface area (Å²) in [6.07, 6.45) is -4.15. The Balaban J connectivity index is 1.63. The van der Waals surface area contributed by atoms with Gasteiger partial charge in [0.2, 0.25) is 0 Å². The number of amides is 1. The van der Waals surface area contributed by atoms with Crippen LogP contribution in [0.25, 0.3) is 5.69 Å². The highest BCUT2D eigenvalue weighted by molar-refractivity contribution is 5.69. The van der Waals surface area contributed by atoms with Gasteiger partial charge in [-0.2, -0.15) is 17.9 Å². The highest BCUT2D eigenvalue weighted by atomic mass is 19.4. The zero-order chi connectivity index (χ0) is 26.8. The van der Waals surface area contributed by atoms with Gasteiger partial charge in [0.05, 0.1) is 30.0 Å². The molecule has 0 unspecified atom stereocenters. The van der Waals surface area contributed by atoms with Crippen molar-refractivity contribution in [2.75, 3.05) is 6.54 Å². The van der Waals surface area contributed by atoms with Crippen LogP contribution in [0.5, 0.6) is 0 Å². The second-order valence-electron chi connectivity index (χ2n) is 10.0. The highest BCUT2D eigenvalue weighted by Gasteiger charge is 2.38. The summed E-state index contributed by atoms with van der Waals surface area (Å²) in [7, 11) is 0. The minimum absolute atomic E-state index is 0.0890. The number of aryl methyl sites for hydroxylation is 1. The second kappa shape index (κ2) is 10.5. The molecule has 0 radical (unpaired) electrons. The first kappa shape index (κ1) is 26.6. The number of likely N-dealkylation sites (tertiary alicyclic amines) is 1. The SMILES string of the molecule is Cc1nnnn1-c1cc(CO[C@H]2CCCN(C(=O)OC(C)(C)C)[C@H]2c2ccccc2)cc(C(F)(F)F)c1. The molecule has 0 spiro atoms. The highest BCUT2D eigenvalue weighted by Crippen LogP contribution is 2.36. The Morgan fingerprint density at radius 1 is 1.11 bits per heavy atom. The third kappa shape index (κ3) is 6.46. The predicted molar refractivity (Wildman–Crippen MR) is 129 cm³/mol. The predicted octanol–water partition coefficient (Wildman–Crippen LogP) is 5.65. The van der Waals surface area contributed by atoms with Crippen LogP contribution in [0.3, 0.4) is 0 Å². The van der Waals surface area contributed by atoms with Crippen molar-refractivity contribution >= 4 is 6.09 Å². The lowest BCUT2D eigenvalue weighted by molar-refractivity contribution is -0.137. The molecule has 4 rings (SSSR count). The van der Waals surface area contributed by atoms with E-state index < -0.39 is 35.6 Å². The van der Waals surface area contributed by atoms with E-state index in [0.29, 0.717) is 30.8 Å². The van der Waals surface area contributed by atoms with Crippen LogP contribution in [-0.4, -0.2) is 49.5 Å².